The van der Waals surface area contributed by atoms with E-state index in [1.54, 1.807) is 0 Å². The maximum absolute atomic E-state index is 14.0. The molecule has 1 heterocycles. The van der Waals surface area contributed by atoms with E-state index in [1.165, 1.54) is 37.5 Å². The third-order valence-corrected chi connectivity index (χ3v) is 5.74. The van der Waals surface area contributed by atoms with Gasteiger partial charge in [0.05, 0.1) is 29.3 Å². The van der Waals surface area contributed by atoms with Gasteiger partial charge in [0.25, 0.3) is 0 Å². The summed E-state index contributed by atoms with van der Waals surface area (Å²) in [6.45, 7) is 3.46. The van der Waals surface area contributed by atoms with Crippen molar-refractivity contribution in [2.24, 2.45) is 0 Å². The highest BCUT2D eigenvalue weighted by molar-refractivity contribution is 7.89. The summed E-state index contributed by atoms with van der Waals surface area (Å²) in [6, 6.07) is 2.63. The second-order valence-electron chi connectivity index (χ2n) is 4.62. The molecule has 2 rings (SSSR count). The zero-order valence-corrected chi connectivity index (χ0v) is 14.1. The van der Waals surface area contributed by atoms with E-state index >= 15 is 0 Å². The van der Waals surface area contributed by atoms with E-state index in [0.717, 1.165) is 11.4 Å². The molecule has 0 unspecified atom stereocenters. The van der Waals surface area contributed by atoms with E-state index in [4.69, 9.17) is 4.74 Å². The van der Waals surface area contributed by atoms with Crippen LogP contribution in [0.25, 0.3) is 0 Å². The van der Waals surface area contributed by atoms with Gasteiger partial charge in [0, 0.05) is 10.9 Å². The molecule has 1 N–H and O–H groups in total. The van der Waals surface area contributed by atoms with Crippen LogP contribution in [0.15, 0.2) is 22.4 Å². The number of benzene rings is 1. The van der Waals surface area contributed by atoms with Crippen LogP contribution in [0.4, 0.5) is 4.39 Å². The molecular formula is C14H17FN2O3S2. The number of hydrogen-bond acceptors (Lipinski definition) is 5. The molecule has 0 aliphatic heterocycles. The first kappa shape index (κ1) is 16.9. The Balaban J connectivity index is 2.21. The van der Waals surface area contributed by atoms with E-state index in [2.05, 4.69) is 9.71 Å². The van der Waals surface area contributed by atoms with Gasteiger partial charge >= 0.3 is 0 Å². The molecule has 0 amide bonds. The summed E-state index contributed by atoms with van der Waals surface area (Å²) in [4.78, 5) is 4.19. The number of sulfonamides is 1. The third-order valence-electron chi connectivity index (χ3n) is 3.16. The second-order valence-corrected chi connectivity index (χ2v) is 7.29. The van der Waals surface area contributed by atoms with Crippen LogP contribution in [-0.2, 0) is 23.0 Å². The number of nitrogens with one attached hydrogen (secondary N) is 1. The molecule has 0 atom stereocenters. The lowest BCUT2D eigenvalue weighted by Gasteiger charge is -2.11. The molecule has 0 aliphatic rings. The van der Waals surface area contributed by atoms with Crippen molar-refractivity contribution in [2.45, 2.75) is 31.7 Å². The Morgan fingerprint density at radius 1 is 1.41 bits per heavy atom. The number of aryl methyl sites for hydroxylation is 1. The minimum atomic E-state index is -3.82. The molecule has 5 nitrogen and oxygen atoms in total. The Kier molecular flexibility index (Phi) is 5.15. The van der Waals surface area contributed by atoms with Crippen molar-refractivity contribution in [2.75, 3.05) is 7.11 Å². The number of methoxy groups -OCH3 is 1. The molecule has 0 aliphatic carbocycles. The van der Waals surface area contributed by atoms with Crippen molar-refractivity contribution in [3.05, 3.63) is 39.6 Å². The van der Waals surface area contributed by atoms with Crippen molar-refractivity contribution in [1.82, 2.24) is 9.71 Å². The maximum atomic E-state index is 14.0. The molecule has 8 heteroatoms. The Bertz CT molecular complexity index is 772. The van der Waals surface area contributed by atoms with Crippen LogP contribution in [0, 0.1) is 12.7 Å². The number of ether oxygens (including phenoxy) is 1. The number of aromatic nitrogens is 1. The van der Waals surface area contributed by atoms with Gasteiger partial charge in [0.15, 0.2) is 11.6 Å². The summed E-state index contributed by atoms with van der Waals surface area (Å²) in [5, 5.41) is 2.75. The highest BCUT2D eigenvalue weighted by Gasteiger charge is 2.21. The highest BCUT2D eigenvalue weighted by atomic mass is 32.2. The number of hydrogen-bond donors (Lipinski definition) is 1. The van der Waals surface area contributed by atoms with Gasteiger partial charge in [0.2, 0.25) is 10.0 Å². The summed E-state index contributed by atoms with van der Waals surface area (Å²) in [6.07, 6.45) is 0.806. The lowest BCUT2D eigenvalue weighted by atomic mass is 10.2. The molecule has 0 spiro atoms. The fourth-order valence-corrected chi connectivity index (χ4v) is 3.91. The van der Waals surface area contributed by atoms with Crippen molar-refractivity contribution in [1.29, 1.82) is 0 Å². The van der Waals surface area contributed by atoms with Gasteiger partial charge in [0.1, 0.15) is 0 Å². The molecule has 0 fully saturated rings. The van der Waals surface area contributed by atoms with Crippen LogP contribution in [-0.4, -0.2) is 20.5 Å². The molecule has 1 aromatic carbocycles. The van der Waals surface area contributed by atoms with Crippen LogP contribution in [0.1, 0.15) is 23.2 Å². The number of halogens is 1. The normalized spacial score (nSPS) is 11.6. The lowest BCUT2D eigenvalue weighted by Crippen LogP contribution is -2.24. The maximum Gasteiger partial charge on any atom is 0.241 e. The van der Waals surface area contributed by atoms with E-state index in [0.29, 0.717) is 5.69 Å². The average molecular weight is 344 g/mol. The van der Waals surface area contributed by atoms with Crippen LogP contribution in [0.5, 0.6) is 5.75 Å². The molecule has 0 bridgehead atoms. The first-order valence-corrected chi connectivity index (χ1v) is 9.01. The Labute approximate surface area is 133 Å². The SMILES string of the molecule is CCc1nc(CNS(=O)(=O)c2ccc(OC)c(F)c2C)cs1. The largest absolute Gasteiger partial charge is 0.494 e. The molecule has 0 saturated heterocycles. The van der Waals surface area contributed by atoms with E-state index in [1.807, 2.05) is 12.3 Å². The minimum Gasteiger partial charge on any atom is -0.494 e. The summed E-state index contributed by atoms with van der Waals surface area (Å²) in [5.41, 5.74) is 0.677. The fraction of sp³-hybridized carbons (Fsp3) is 0.357. The zero-order chi connectivity index (χ0) is 16.3. The standard InChI is InChI=1S/C14H17FN2O3S2/c1-4-13-17-10(8-21-13)7-16-22(18,19)12-6-5-11(20-3)14(15)9(12)2/h5-6,8,16H,4,7H2,1-3H3. The Morgan fingerprint density at radius 2 is 2.14 bits per heavy atom. The summed E-state index contributed by atoms with van der Waals surface area (Å²) >= 11 is 1.48. The Hall–Kier alpha value is -1.51. The van der Waals surface area contributed by atoms with Crippen molar-refractivity contribution in [3.63, 3.8) is 0 Å². The average Bonchev–Trinajstić information content (AvgIpc) is 2.96. The van der Waals surface area contributed by atoms with Gasteiger partial charge in [-0.3, -0.25) is 0 Å². The molecule has 120 valence electrons. The highest BCUT2D eigenvalue weighted by Crippen LogP contribution is 2.26. The van der Waals surface area contributed by atoms with E-state index in [9.17, 15) is 12.8 Å². The Morgan fingerprint density at radius 3 is 2.73 bits per heavy atom. The fourth-order valence-electron chi connectivity index (χ4n) is 1.93. The van der Waals surface area contributed by atoms with Gasteiger partial charge in [-0.25, -0.2) is 22.5 Å². The molecule has 2 aromatic rings. The predicted molar refractivity (Wildman–Crippen MR) is 83.2 cm³/mol. The summed E-state index contributed by atoms with van der Waals surface area (Å²) in [7, 11) is -2.48. The van der Waals surface area contributed by atoms with E-state index < -0.39 is 15.8 Å². The first-order valence-electron chi connectivity index (χ1n) is 6.65. The van der Waals surface area contributed by atoms with Gasteiger partial charge < -0.3 is 4.74 Å². The van der Waals surface area contributed by atoms with Gasteiger partial charge in [-0.2, -0.15) is 0 Å². The molecule has 0 radical (unpaired) electrons. The van der Waals surface area contributed by atoms with Crippen molar-refractivity contribution < 1.29 is 17.5 Å². The summed E-state index contributed by atoms with van der Waals surface area (Å²) < 4.78 is 45.9. The van der Waals surface area contributed by atoms with Crippen LogP contribution < -0.4 is 9.46 Å². The molecule has 22 heavy (non-hydrogen) atoms. The van der Waals surface area contributed by atoms with Crippen molar-refractivity contribution >= 4 is 21.4 Å². The second kappa shape index (κ2) is 6.72. The predicted octanol–water partition coefficient (Wildman–Crippen LogP) is 2.64. The van der Waals surface area contributed by atoms with Gasteiger partial charge in [-0.05, 0) is 25.5 Å². The van der Waals surface area contributed by atoms with Crippen LogP contribution in [0.2, 0.25) is 0 Å². The molecular weight excluding hydrogens is 327 g/mol. The minimum absolute atomic E-state index is 0.0172. The topological polar surface area (TPSA) is 68.3 Å². The lowest BCUT2D eigenvalue weighted by molar-refractivity contribution is 0.384. The van der Waals surface area contributed by atoms with Crippen LogP contribution in [0.3, 0.4) is 0 Å². The quantitative estimate of drug-likeness (QED) is 0.875. The summed E-state index contributed by atoms with van der Waals surface area (Å²) in [5.74, 6) is -0.657. The monoisotopic (exact) mass is 344 g/mol. The van der Waals surface area contributed by atoms with Crippen LogP contribution >= 0.6 is 11.3 Å². The van der Waals surface area contributed by atoms with E-state index in [-0.39, 0.29) is 22.8 Å². The number of thiazole rings is 1. The first-order chi connectivity index (χ1) is 10.4. The number of rotatable bonds is 6. The number of nitrogens with zero attached hydrogens (tertiary/aromatic N) is 1. The zero-order valence-electron chi connectivity index (χ0n) is 12.5. The van der Waals surface area contributed by atoms with Gasteiger partial charge in [-0.1, -0.05) is 6.92 Å². The molecule has 1 aromatic heterocycles. The third kappa shape index (κ3) is 3.45. The smallest absolute Gasteiger partial charge is 0.241 e. The van der Waals surface area contributed by atoms with Crippen molar-refractivity contribution in [3.8, 4) is 5.75 Å². The molecule has 0 saturated carbocycles. The van der Waals surface area contributed by atoms with Gasteiger partial charge in [-0.15, -0.1) is 11.3 Å².